The van der Waals surface area contributed by atoms with Crippen LogP contribution in [0.15, 0.2) is 42.9 Å². The van der Waals surface area contributed by atoms with Gasteiger partial charge < -0.3 is 15.2 Å². The van der Waals surface area contributed by atoms with Crippen LogP contribution in [0.3, 0.4) is 0 Å². The van der Waals surface area contributed by atoms with Gasteiger partial charge in [0.25, 0.3) is 0 Å². The first-order chi connectivity index (χ1) is 15.0. The van der Waals surface area contributed by atoms with Crippen molar-refractivity contribution >= 4 is 17.5 Å². The number of rotatable bonds is 7. The Kier molecular flexibility index (Phi) is 5.83. The minimum Gasteiger partial charge on any atom is -0.383 e. The molecule has 0 saturated carbocycles. The van der Waals surface area contributed by atoms with Crippen molar-refractivity contribution in [3.05, 3.63) is 60.1 Å². The Bertz CT molecular complexity index is 1090. The highest BCUT2D eigenvalue weighted by Gasteiger charge is 2.35. The summed E-state index contributed by atoms with van der Waals surface area (Å²) in [5.74, 6) is 0.496. The van der Waals surface area contributed by atoms with Crippen molar-refractivity contribution in [3.8, 4) is 5.69 Å². The summed E-state index contributed by atoms with van der Waals surface area (Å²) in [6.07, 6.45) is 7.47. The van der Waals surface area contributed by atoms with Gasteiger partial charge in [0.15, 0.2) is 5.78 Å². The summed E-state index contributed by atoms with van der Waals surface area (Å²) in [6.45, 7) is 3.19. The average Bonchev–Trinajstić information content (AvgIpc) is 3.49. The fourth-order valence-corrected chi connectivity index (χ4v) is 4.04. The highest BCUT2D eigenvalue weighted by molar-refractivity contribution is 6.05. The Labute approximate surface area is 179 Å². The maximum Gasteiger partial charge on any atom is 0.223 e. The lowest BCUT2D eigenvalue weighted by molar-refractivity contribution is -0.131. The molecule has 1 amide bonds. The van der Waals surface area contributed by atoms with Crippen LogP contribution in [0.4, 0.5) is 10.2 Å². The average molecular weight is 424 g/mol. The van der Waals surface area contributed by atoms with Crippen LogP contribution >= 0.6 is 0 Å². The molecule has 0 spiro atoms. The second kappa shape index (κ2) is 8.71. The fourth-order valence-electron chi connectivity index (χ4n) is 4.04. The molecule has 0 bridgehead atoms. The van der Waals surface area contributed by atoms with E-state index in [2.05, 4.69) is 10.1 Å². The minimum absolute atomic E-state index is 0.0295. The lowest BCUT2D eigenvalue weighted by Crippen LogP contribution is -2.40. The number of benzene rings is 1. The van der Waals surface area contributed by atoms with Crippen molar-refractivity contribution in [1.82, 2.24) is 24.2 Å². The van der Waals surface area contributed by atoms with E-state index in [9.17, 15) is 14.0 Å². The number of carbonyl (C=O) groups is 2. The molecule has 1 fully saturated rings. The molecule has 162 valence electrons. The lowest BCUT2D eigenvalue weighted by Gasteiger charge is -2.23. The Balaban J connectivity index is 1.43. The number of nitrogens with two attached hydrogens (primary N) is 1. The maximum atomic E-state index is 13.2. The van der Waals surface area contributed by atoms with Crippen LogP contribution in [-0.4, -0.2) is 48.5 Å². The highest BCUT2D eigenvalue weighted by atomic mass is 19.1. The van der Waals surface area contributed by atoms with E-state index in [1.807, 2.05) is 17.7 Å². The third kappa shape index (κ3) is 4.21. The van der Waals surface area contributed by atoms with Gasteiger partial charge in [0.05, 0.1) is 23.5 Å². The maximum absolute atomic E-state index is 13.2. The Hall–Kier alpha value is -3.49. The number of likely N-dealkylation sites (tertiary alicyclic amines) is 1. The molecule has 3 heterocycles. The molecule has 9 heteroatoms. The van der Waals surface area contributed by atoms with Gasteiger partial charge in [-0.05, 0) is 50.5 Å². The van der Waals surface area contributed by atoms with Crippen LogP contribution in [0.2, 0.25) is 0 Å². The topological polar surface area (TPSA) is 99.0 Å². The third-order valence-electron chi connectivity index (χ3n) is 5.73. The van der Waals surface area contributed by atoms with Crippen LogP contribution in [0.5, 0.6) is 0 Å². The van der Waals surface area contributed by atoms with Crippen LogP contribution in [-0.2, 0) is 11.3 Å². The number of nitrogens with zero attached hydrogens (tertiary/aromatic N) is 5. The first kappa shape index (κ1) is 20.8. The number of anilines is 1. The Morgan fingerprint density at radius 3 is 2.74 bits per heavy atom. The van der Waals surface area contributed by atoms with Crippen LogP contribution in [0.1, 0.15) is 41.9 Å². The monoisotopic (exact) mass is 424 g/mol. The molecule has 2 N–H and O–H groups in total. The van der Waals surface area contributed by atoms with E-state index in [-0.39, 0.29) is 28.9 Å². The molecule has 4 rings (SSSR count). The third-order valence-corrected chi connectivity index (χ3v) is 5.73. The zero-order valence-corrected chi connectivity index (χ0v) is 17.4. The van der Waals surface area contributed by atoms with Crippen LogP contribution in [0, 0.1) is 12.7 Å². The number of aryl methyl sites for hydroxylation is 2. The van der Waals surface area contributed by atoms with E-state index in [0.717, 1.165) is 12.2 Å². The van der Waals surface area contributed by atoms with E-state index < -0.39 is 6.04 Å². The van der Waals surface area contributed by atoms with Crippen molar-refractivity contribution in [1.29, 1.82) is 0 Å². The van der Waals surface area contributed by atoms with E-state index in [1.165, 1.54) is 23.0 Å². The number of Topliss-reactive ketones (excluding diaryl/α,β-unsaturated/α-hetero) is 1. The standard InChI is InChI=1S/C22H25FN6O2/c1-15-25-10-13-27(15)11-3-5-20(30)28-12-2-4-19(28)21(31)18-14-26-29(22(18)24)17-8-6-16(23)7-9-17/h6-10,13-14,19H,2-5,11-12,24H2,1H3. The lowest BCUT2D eigenvalue weighted by atomic mass is 10.0. The van der Waals surface area contributed by atoms with E-state index >= 15 is 0 Å². The molecule has 1 aliphatic rings. The highest BCUT2D eigenvalue weighted by Crippen LogP contribution is 2.26. The van der Waals surface area contributed by atoms with Crippen molar-refractivity contribution in [2.45, 2.75) is 45.2 Å². The van der Waals surface area contributed by atoms with Crippen molar-refractivity contribution in [3.63, 3.8) is 0 Å². The molecule has 1 aliphatic heterocycles. The summed E-state index contributed by atoms with van der Waals surface area (Å²) in [4.78, 5) is 31.8. The predicted octanol–water partition coefficient (Wildman–Crippen LogP) is 2.75. The smallest absolute Gasteiger partial charge is 0.223 e. The molecule has 1 aromatic carbocycles. The molecule has 1 atom stereocenters. The summed E-state index contributed by atoms with van der Waals surface area (Å²) in [5.41, 5.74) is 7.03. The zero-order valence-electron chi connectivity index (χ0n) is 17.4. The van der Waals surface area contributed by atoms with Gasteiger partial charge in [-0.15, -0.1) is 0 Å². The molecule has 0 aliphatic carbocycles. The van der Waals surface area contributed by atoms with Gasteiger partial charge in [0.1, 0.15) is 17.5 Å². The van der Waals surface area contributed by atoms with Crippen molar-refractivity contribution < 1.29 is 14.0 Å². The van der Waals surface area contributed by atoms with Crippen molar-refractivity contribution in [2.24, 2.45) is 0 Å². The molecule has 8 nitrogen and oxygen atoms in total. The van der Waals surface area contributed by atoms with Gasteiger partial charge in [0, 0.05) is 31.9 Å². The zero-order chi connectivity index (χ0) is 22.0. The van der Waals surface area contributed by atoms with Gasteiger partial charge in [-0.25, -0.2) is 14.1 Å². The SMILES string of the molecule is Cc1nccn1CCCC(=O)N1CCCC1C(=O)c1cnn(-c2ccc(F)cc2)c1N. The van der Waals surface area contributed by atoms with Gasteiger partial charge in [-0.2, -0.15) is 5.10 Å². The number of halogens is 1. The fraction of sp³-hybridized carbons (Fsp3) is 0.364. The molecule has 2 aromatic heterocycles. The summed E-state index contributed by atoms with van der Waals surface area (Å²) < 4.78 is 16.6. The summed E-state index contributed by atoms with van der Waals surface area (Å²) in [6, 6.07) is 5.16. The number of ketones is 1. The number of carbonyl (C=O) groups excluding carboxylic acids is 2. The summed E-state index contributed by atoms with van der Waals surface area (Å²) in [7, 11) is 0. The molecule has 1 unspecified atom stereocenters. The summed E-state index contributed by atoms with van der Waals surface area (Å²) in [5, 5.41) is 4.20. The molecular weight excluding hydrogens is 399 g/mol. The van der Waals surface area contributed by atoms with E-state index in [4.69, 9.17) is 5.73 Å². The van der Waals surface area contributed by atoms with Gasteiger partial charge in [-0.1, -0.05) is 0 Å². The van der Waals surface area contributed by atoms with E-state index in [0.29, 0.717) is 38.0 Å². The quantitative estimate of drug-likeness (QED) is 0.588. The number of hydrogen-bond acceptors (Lipinski definition) is 5. The predicted molar refractivity (Wildman–Crippen MR) is 113 cm³/mol. The second-order valence-corrected chi connectivity index (χ2v) is 7.71. The number of amides is 1. The molecular formula is C22H25FN6O2. The number of hydrogen-bond donors (Lipinski definition) is 1. The number of nitrogen functional groups attached to an aromatic ring is 1. The van der Waals surface area contributed by atoms with Crippen LogP contribution < -0.4 is 5.73 Å². The van der Waals surface area contributed by atoms with Gasteiger partial charge >= 0.3 is 0 Å². The first-order valence-corrected chi connectivity index (χ1v) is 10.4. The molecule has 3 aromatic rings. The number of imidazole rings is 1. The van der Waals surface area contributed by atoms with Gasteiger partial charge in [-0.3, -0.25) is 9.59 Å². The van der Waals surface area contributed by atoms with Crippen LogP contribution in [0.25, 0.3) is 5.69 Å². The largest absolute Gasteiger partial charge is 0.383 e. The molecule has 1 saturated heterocycles. The second-order valence-electron chi connectivity index (χ2n) is 7.71. The number of aromatic nitrogens is 4. The summed E-state index contributed by atoms with van der Waals surface area (Å²) >= 11 is 0. The molecule has 0 radical (unpaired) electrons. The Morgan fingerprint density at radius 2 is 2.03 bits per heavy atom. The minimum atomic E-state index is -0.532. The first-order valence-electron chi connectivity index (χ1n) is 10.4. The van der Waals surface area contributed by atoms with Crippen molar-refractivity contribution in [2.75, 3.05) is 12.3 Å². The van der Waals surface area contributed by atoms with E-state index in [1.54, 1.807) is 23.2 Å². The Morgan fingerprint density at radius 1 is 1.26 bits per heavy atom. The normalized spacial score (nSPS) is 16.1. The molecule has 31 heavy (non-hydrogen) atoms. The van der Waals surface area contributed by atoms with Gasteiger partial charge in [0.2, 0.25) is 5.91 Å².